The fourth-order valence-corrected chi connectivity index (χ4v) is 3.40. The highest BCUT2D eigenvalue weighted by molar-refractivity contribution is 7.89. The minimum absolute atomic E-state index is 0.197. The van der Waals surface area contributed by atoms with Crippen molar-refractivity contribution in [3.8, 4) is 0 Å². The van der Waals surface area contributed by atoms with Crippen molar-refractivity contribution in [3.63, 3.8) is 0 Å². The van der Waals surface area contributed by atoms with E-state index in [0.29, 0.717) is 5.56 Å². The summed E-state index contributed by atoms with van der Waals surface area (Å²) in [5.74, 6) is -0.751. The van der Waals surface area contributed by atoms with Crippen molar-refractivity contribution in [1.29, 1.82) is 0 Å². The summed E-state index contributed by atoms with van der Waals surface area (Å²) in [6.45, 7) is 5.04. The molecule has 0 radical (unpaired) electrons. The van der Waals surface area contributed by atoms with E-state index in [2.05, 4.69) is 4.72 Å². The first-order valence-corrected chi connectivity index (χ1v) is 9.52. The predicted octanol–water partition coefficient (Wildman–Crippen LogP) is 2.96. The summed E-state index contributed by atoms with van der Waals surface area (Å²) in [5.41, 5.74) is -0.624. The second kappa shape index (κ2) is 7.85. The summed E-state index contributed by atoms with van der Waals surface area (Å²) in [6, 6.07) is 11.4. The van der Waals surface area contributed by atoms with E-state index in [-0.39, 0.29) is 10.6 Å². The topological polar surface area (TPSA) is 116 Å². The highest BCUT2D eigenvalue weighted by atomic mass is 32.2. The van der Waals surface area contributed by atoms with Gasteiger partial charge in [0.05, 0.1) is 9.82 Å². The Morgan fingerprint density at radius 2 is 1.63 bits per heavy atom. The maximum atomic E-state index is 12.7. The molecule has 0 heterocycles. The first-order valence-electron chi connectivity index (χ1n) is 8.04. The summed E-state index contributed by atoms with van der Waals surface area (Å²) >= 11 is 0. The second-order valence-corrected chi connectivity index (χ2v) is 8.46. The molecule has 0 bridgehead atoms. The number of carbonyl (C=O) groups excluding carboxylic acids is 1. The van der Waals surface area contributed by atoms with Crippen molar-refractivity contribution < 1.29 is 22.9 Å². The van der Waals surface area contributed by atoms with Crippen LogP contribution in [-0.2, 0) is 19.6 Å². The van der Waals surface area contributed by atoms with Gasteiger partial charge >= 0.3 is 5.97 Å². The predicted molar refractivity (Wildman–Crippen MR) is 98.4 cm³/mol. The van der Waals surface area contributed by atoms with E-state index in [0.717, 1.165) is 24.3 Å². The van der Waals surface area contributed by atoms with Gasteiger partial charge in [0.2, 0.25) is 10.0 Å². The zero-order valence-corrected chi connectivity index (χ0v) is 15.9. The maximum Gasteiger partial charge on any atom is 0.329 e. The van der Waals surface area contributed by atoms with Gasteiger partial charge in [-0.3, -0.25) is 10.1 Å². The number of carbonyl (C=O) groups is 1. The van der Waals surface area contributed by atoms with Crippen LogP contribution in [0.2, 0.25) is 0 Å². The quantitative estimate of drug-likeness (QED) is 0.459. The third kappa shape index (κ3) is 5.60. The molecule has 0 aliphatic rings. The lowest BCUT2D eigenvalue weighted by molar-refractivity contribution is -0.384. The lowest BCUT2D eigenvalue weighted by Crippen LogP contribution is -2.38. The molecule has 0 aromatic heterocycles. The average Bonchev–Trinajstić information content (AvgIpc) is 2.59. The van der Waals surface area contributed by atoms with Crippen molar-refractivity contribution in [2.24, 2.45) is 0 Å². The first-order chi connectivity index (χ1) is 12.5. The molecular weight excluding hydrogens is 372 g/mol. The molecular formula is C18H20N2O6S. The van der Waals surface area contributed by atoms with E-state index in [1.54, 1.807) is 51.1 Å². The van der Waals surface area contributed by atoms with Gasteiger partial charge in [0.15, 0.2) is 0 Å². The van der Waals surface area contributed by atoms with Crippen LogP contribution in [0.5, 0.6) is 0 Å². The largest absolute Gasteiger partial charge is 0.459 e. The van der Waals surface area contributed by atoms with Gasteiger partial charge in [-0.15, -0.1) is 0 Å². The first kappa shape index (κ1) is 20.5. The molecule has 9 heteroatoms. The summed E-state index contributed by atoms with van der Waals surface area (Å²) < 4.78 is 33.0. The van der Waals surface area contributed by atoms with Crippen molar-refractivity contribution >= 4 is 21.7 Å². The smallest absolute Gasteiger partial charge is 0.329 e. The minimum Gasteiger partial charge on any atom is -0.459 e. The van der Waals surface area contributed by atoms with E-state index in [1.165, 1.54) is 0 Å². The summed E-state index contributed by atoms with van der Waals surface area (Å²) in [4.78, 5) is 22.5. The number of benzene rings is 2. The molecule has 0 spiro atoms. The number of esters is 1. The molecule has 1 N–H and O–H groups in total. The number of rotatable bonds is 6. The number of hydrogen-bond acceptors (Lipinski definition) is 6. The Bertz CT molecular complexity index is 919. The summed E-state index contributed by atoms with van der Waals surface area (Å²) in [5, 5.41) is 10.7. The van der Waals surface area contributed by atoms with E-state index < -0.39 is 32.6 Å². The van der Waals surface area contributed by atoms with E-state index in [1.807, 2.05) is 0 Å². The Morgan fingerprint density at radius 3 is 2.11 bits per heavy atom. The Balaban J connectivity index is 2.36. The number of nitro groups is 1. The van der Waals surface area contributed by atoms with Crippen LogP contribution in [0.25, 0.3) is 0 Å². The van der Waals surface area contributed by atoms with Gasteiger partial charge in [-0.05, 0) is 38.5 Å². The summed E-state index contributed by atoms with van der Waals surface area (Å²) in [7, 11) is -4.12. The monoisotopic (exact) mass is 392 g/mol. The molecule has 0 saturated carbocycles. The molecule has 0 unspecified atom stereocenters. The van der Waals surface area contributed by atoms with Gasteiger partial charge in [-0.2, -0.15) is 4.72 Å². The van der Waals surface area contributed by atoms with Crippen LogP contribution in [0, 0.1) is 10.1 Å². The highest BCUT2D eigenvalue weighted by Crippen LogP contribution is 2.22. The van der Waals surface area contributed by atoms with Crippen LogP contribution in [-0.4, -0.2) is 24.9 Å². The second-order valence-electron chi connectivity index (χ2n) is 6.75. The molecule has 27 heavy (non-hydrogen) atoms. The third-order valence-corrected chi connectivity index (χ3v) is 4.85. The number of sulfonamides is 1. The van der Waals surface area contributed by atoms with E-state index in [4.69, 9.17) is 4.74 Å². The molecule has 0 amide bonds. The zero-order chi connectivity index (χ0) is 20.2. The van der Waals surface area contributed by atoms with Crippen LogP contribution in [0.3, 0.4) is 0 Å². The molecule has 0 fully saturated rings. The van der Waals surface area contributed by atoms with Gasteiger partial charge in [-0.1, -0.05) is 30.3 Å². The fraction of sp³-hybridized carbons (Fsp3) is 0.278. The van der Waals surface area contributed by atoms with E-state index >= 15 is 0 Å². The Morgan fingerprint density at radius 1 is 1.07 bits per heavy atom. The fourth-order valence-electron chi connectivity index (χ4n) is 2.23. The SMILES string of the molecule is CC(C)(C)OC(=O)[C@@H](NS(=O)(=O)c1ccc([N+](=O)[O-])cc1)c1ccccc1. The van der Waals surface area contributed by atoms with Gasteiger partial charge in [0, 0.05) is 12.1 Å². The van der Waals surface area contributed by atoms with Crippen molar-refractivity contribution in [1.82, 2.24) is 4.72 Å². The van der Waals surface area contributed by atoms with Gasteiger partial charge < -0.3 is 4.74 Å². The normalized spacial score (nSPS) is 13.0. The number of ether oxygens (including phenoxy) is 1. The van der Waals surface area contributed by atoms with Crippen LogP contribution in [0.4, 0.5) is 5.69 Å². The van der Waals surface area contributed by atoms with E-state index in [9.17, 15) is 23.3 Å². The molecule has 0 aliphatic carbocycles. The van der Waals surface area contributed by atoms with Crippen molar-refractivity contribution in [2.75, 3.05) is 0 Å². The number of hydrogen-bond donors (Lipinski definition) is 1. The third-order valence-electron chi connectivity index (χ3n) is 3.41. The average molecular weight is 392 g/mol. The zero-order valence-electron chi connectivity index (χ0n) is 15.1. The number of nitro benzene ring substituents is 1. The standard InChI is InChI=1S/C18H20N2O6S/c1-18(2,3)26-17(21)16(13-7-5-4-6-8-13)19-27(24,25)15-11-9-14(10-12-15)20(22)23/h4-12,16,19H,1-3H3/t16-/m0/s1. The Hall–Kier alpha value is -2.78. The lowest BCUT2D eigenvalue weighted by atomic mass is 10.1. The lowest BCUT2D eigenvalue weighted by Gasteiger charge is -2.24. The van der Waals surface area contributed by atoms with Crippen LogP contribution in [0.1, 0.15) is 32.4 Å². The molecule has 0 saturated heterocycles. The Labute approximate surface area is 157 Å². The summed E-state index contributed by atoms with van der Waals surface area (Å²) in [6.07, 6.45) is 0. The van der Waals surface area contributed by atoms with Crippen LogP contribution < -0.4 is 4.72 Å². The molecule has 144 valence electrons. The molecule has 1 atom stereocenters. The number of nitrogens with one attached hydrogen (secondary N) is 1. The molecule has 2 aromatic rings. The van der Waals surface area contributed by atoms with Gasteiger partial charge in [0.1, 0.15) is 11.6 Å². The minimum atomic E-state index is -4.12. The number of non-ortho nitro benzene ring substituents is 1. The van der Waals surface area contributed by atoms with Crippen molar-refractivity contribution in [3.05, 3.63) is 70.3 Å². The molecule has 2 aromatic carbocycles. The molecule has 8 nitrogen and oxygen atoms in total. The van der Waals surface area contributed by atoms with Crippen LogP contribution >= 0.6 is 0 Å². The molecule has 0 aliphatic heterocycles. The maximum absolute atomic E-state index is 12.7. The molecule has 2 rings (SSSR count). The van der Waals surface area contributed by atoms with Gasteiger partial charge in [-0.25, -0.2) is 13.2 Å². The Kier molecular flexibility index (Phi) is 5.97. The highest BCUT2D eigenvalue weighted by Gasteiger charge is 2.31. The van der Waals surface area contributed by atoms with Crippen molar-refractivity contribution in [2.45, 2.75) is 37.3 Å². The van der Waals surface area contributed by atoms with Crippen LogP contribution in [0.15, 0.2) is 59.5 Å². The number of nitrogens with zero attached hydrogens (tertiary/aromatic N) is 1. The van der Waals surface area contributed by atoms with Gasteiger partial charge in [0.25, 0.3) is 5.69 Å².